The number of hydrogen-bond donors (Lipinski definition) is 0. The third-order valence-electron chi connectivity index (χ3n) is 6.54. The summed E-state index contributed by atoms with van der Waals surface area (Å²) < 4.78 is 25.2. The molecule has 1 aliphatic heterocycles. The highest BCUT2D eigenvalue weighted by molar-refractivity contribution is 6.30. The second-order valence-corrected chi connectivity index (χ2v) is 9.02. The minimum atomic E-state index is -0.318. The highest BCUT2D eigenvalue weighted by atomic mass is 35.5. The minimum absolute atomic E-state index is 0.277. The van der Waals surface area contributed by atoms with Crippen molar-refractivity contribution in [3.05, 3.63) is 59.3 Å². The molecule has 2 atom stereocenters. The minimum Gasteiger partial charge on any atom is -0.493 e. The number of hydrogen-bond acceptors (Lipinski definition) is 7. The lowest BCUT2D eigenvalue weighted by Gasteiger charge is -2.32. The van der Waals surface area contributed by atoms with Gasteiger partial charge in [-0.1, -0.05) is 17.7 Å². The van der Waals surface area contributed by atoms with Crippen molar-refractivity contribution in [1.82, 2.24) is 20.2 Å². The van der Waals surface area contributed by atoms with Crippen molar-refractivity contribution >= 4 is 17.5 Å². The van der Waals surface area contributed by atoms with Crippen molar-refractivity contribution in [2.24, 2.45) is 17.8 Å². The van der Waals surface area contributed by atoms with Gasteiger partial charge in [0, 0.05) is 19.2 Å². The van der Waals surface area contributed by atoms with E-state index in [1.807, 2.05) is 0 Å². The molecule has 0 bridgehead atoms. The smallest absolute Gasteiger partial charge is 0.225 e. The van der Waals surface area contributed by atoms with Crippen molar-refractivity contribution in [2.75, 3.05) is 24.6 Å². The van der Waals surface area contributed by atoms with E-state index in [1.54, 1.807) is 24.5 Å². The quantitative estimate of drug-likeness (QED) is 0.490. The summed E-state index contributed by atoms with van der Waals surface area (Å²) in [5.41, 5.74) is 0.513. The molecular formula is C23H25ClFN5O2. The third-order valence-corrected chi connectivity index (χ3v) is 6.74. The first-order valence-corrected chi connectivity index (χ1v) is 11.4. The molecule has 0 spiro atoms. The first-order valence-electron chi connectivity index (χ1n) is 11.0. The van der Waals surface area contributed by atoms with Crippen molar-refractivity contribution < 1.29 is 13.5 Å². The van der Waals surface area contributed by atoms with E-state index in [9.17, 15) is 4.39 Å². The molecule has 3 aromatic rings. The van der Waals surface area contributed by atoms with Gasteiger partial charge in [-0.2, -0.15) is 0 Å². The maximum absolute atomic E-state index is 14.3. The fraction of sp³-hybridized carbons (Fsp3) is 0.478. The van der Waals surface area contributed by atoms with Crippen LogP contribution >= 0.6 is 11.6 Å². The van der Waals surface area contributed by atoms with Crippen LogP contribution in [0.4, 0.5) is 10.3 Å². The zero-order valence-corrected chi connectivity index (χ0v) is 18.4. The molecule has 2 fully saturated rings. The maximum Gasteiger partial charge on any atom is 0.225 e. The van der Waals surface area contributed by atoms with Crippen LogP contribution in [0.1, 0.15) is 37.1 Å². The molecule has 0 N–H and O–H groups in total. The summed E-state index contributed by atoms with van der Waals surface area (Å²) in [7, 11) is 0. The van der Waals surface area contributed by atoms with E-state index >= 15 is 0 Å². The Balaban J connectivity index is 1.04. The molecule has 32 heavy (non-hydrogen) atoms. The molecule has 2 aliphatic rings. The molecule has 1 saturated carbocycles. The lowest BCUT2D eigenvalue weighted by atomic mass is 9.90. The van der Waals surface area contributed by atoms with Crippen LogP contribution < -0.4 is 9.64 Å². The predicted molar refractivity (Wildman–Crippen MR) is 117 cm³/mol. The van der Waals surface area contributed by atoms with E-state index in [2.05, 4.69) is 25.1 Å². The number of piperidine rings is 1. The molecule has 0 radical (unpaired) electrons. The van der Waals surface area contributed by atoms with E-state index in [-0.39, 0.29) is 12.2 Å². The van der Waals surface area contributed by atoms with Crippen molar-refractivity contribution in [2.45, 2.75) is 32.1 Å². The second kappa shape index (κ2) is 9.40. The number of nitrogens with zero attached hydrogens (tertiary/aromatic N) is 5. The van der Waals surface area contributed by atoms with E-state index in [0.717, 1.165) is 37.3 Å². The van der Waals surface area contributed by atoms with Gasteiger partial charge in [-0.25, -0.2) is 14.4 Å². The van der Waals surface area contributed by atoms with Gasteiger partial charge in [-0.05, 0) is 55.1 Å². The molecule has 1 saturated heterocycles. The van der Waals surface area contributed by atoms with E-state index < -0.39 is 0 Å². The Hall–Kier alpha value is -2.74. The molecule has 7 nitrogen and oxygen atoms in total. The fourth-order valence-electron chi connectivity index (χ4n) is 4.70. The Morgan fingerprint density at radius 2 is 2.00 bits per heavy atom. The first kappa shape index (κ1) is 21.1. The third kappa shape index (κ3) is 5.01. The summed E-state index contributed by atoms with van der Waals surface area (Å²) >= 11 is 5.88. The van der Waals surface area contributed by atoms with E-state index in [1.165, 1.54) is 31.7 Å². The van der Waals surface area contributed by atoms with Crippen molar-refractivity contribution in [3.63, 3.8) is 0 Å². The Morgan fingerprint density at radius 3 is 2.72 bits per heavy atom. The number of ether oxygens (including phenoxy) is 1. The van der Waals surface area contributed by atoms with Crippen LogP contribution in [0.15, 0.2) is 41.4 Å². The molecule has 2 aromatic heterocycles. The molecule has 9 heteroatoms. The Bertz CT molecular complexity index is 1030. The highest BCUT2D eigenvalue weighted by Gasteiger charge is 2.43. The standard InChI is InChI=1S/C23H25ClFN5O2/c24-18-12-26-23(27-13-18)30-6-3-15(4-7-30)20-9-16(20)5-8-31-19-2-1-17(21(25)11-19)10-22-29-28-14-32-22/h1-2,11-16,20H,3-10H2/t16-,20?/m1/s1. The summed E-state index contributed by atoms with van der Waals surface area (Å²) in [6, 6.07) is 4.95. The predicted octanol–water partition coefficient (Wildman–Crippen LogP) is 4.56. The second-order valence-electron chi connectivity index (χ2n) is 8.58. The Kier molecular flexibility index (Phi) is 6.21. The summed E-state index contributed by atoms with van der Waals surface area (Å²) in [5.74, 6) is 3.64. The average Bonchev–Trinajstić information content (AvgIpc) is 3.39. The number of aromatic nitrogens is 4. The van der Waals surface area contributed by atoms with Crippen LogP contribution in [0.25, 0.3) is 0 Å². The van der Waals surface area contributed by atoms with Crippen LogP contribution in [-0.4, -0.2) is 39.9 Å². The van der Waals surface area contributed by atoms with Crippen molar-refractivity contribution in [3.8, 4) is 5.75 Å². The lowest BCUT2D eigenvalue weighted by molar-refractivity contribution is 0.283. The SMILES string of the molecule is Fc1cc(OCC[C@@H]2CC2C2CCN(c3ncc(Cl)cn3)CC2)ccc1Cc1nnco1. The van der Waals surface area contributed by atoms with Gasteiger partial charge in [0.2, 0.25) is 18.2 Å². The highest BCUT2D eigenvalue weighted by Crippen LogP contribution is 2.49. The van der Waals surface area contributed by atoms with Crippen LogP contribution in [-0.2, 0) is 6.42 Å². The number of anilines is 1. The van der Waals surface area contributed by atoms with Gasteiger partial charge in [0.1, 0.15) is 11.6 Å². The van der Waals surface area contributed by atoms with E-state index in [0.29, 0.717) is 34.8 Å². The van der Waals surface area contributed by atoms with Crippen LogP contribution in [0.5, 0.6) is 5.75 Å². The van der Waals surface area contributed by atoms with Gasteiger partial charge in [0.25, 0.3) is 0 Å². The van der Waals surface area contributed by atoms with Gasteiger partial charge in [-0.3, -0.25) is 0 Å². The number of halogens is 2. The Morgan fingerprint density at radius 1 is 1.19 bits per heavy atom. The lowest BCUT2D eigenvalue weighted by Crippen LogP contribution is -2.35. The normalized spacial score (nSPS) is 21.0. The molecule has 1 aliphatic carbocycles. The zero-order chi connectivity index (χ0) is 21.9. The zero-order valence-electron chi connectivity index (χ0n) is 17.7. The maximum atomic E-state index is 14.3. The molecule has 1 unspecified atom stereocenters. The summed E-state index contributed by atoms with van der Waals surface area (Å²) in [6.07, 6.45) is 9.44. The molecule has 5 rings (SSSR count). The monoisotopic (exact) mass is 457 g/mol. The molecule has 3 heterocycles. The van der Waals surface area contributed by atoms with Gasteiger partial charge in [-0.15, -0.1) is 10.2 Å². The molecule has 0 amide bonds. The topological polar surface area (TPSA) is 77.2 Å². The number of rotatable bonds is 8. The van der Waals surface area contributed by atoms with Crippen LogP contribution in [0, 0.1) is 23.6 Å². The summed E-state index contributed by atoms with van der Waals surface area (Å²) in [6.45, 7) is 2.59. The number of benzene rings is 1. The molecule has 1 aromatic carbocycles. The van der Waals surface area contributed by atoms with Gasteiger partial charge < -0.3 is 14.1 Å². The van der Waals surface area contributed by atoms with Crippen molar-refractivity contribution in [1.29, 1.82) is 0 Å². The van der Waals surface area contributed by atoms with Gasteiger partial charge in [0.15, 0.2) is 0 Å². The summed E-state index contributed by atoms with van der Waals surface area (Å²) in [4.78, 5) is 10.9. The van der Waals surface area contributed by atoms with Gasteiger partial charge in [0.05, 0.1) is 30.4 Å². The molecular weight excluding hydrogens is 433 g/mol. The fourth-order valence-corrected chi connectivity index (χ4v) is 4.80. The largest absolute Gasteiger partial charge is 0.493 e. The van der Waals surface area contributed by atoms with E-state index in [4.69, 9.17) is 20.8 Å². The Labute approximate surface area is 191 Å². The first-order chi connectivity index (χ1) is 15.7. The average molecular weight is 458 g/mol. The van der Waals surface area contributed by atoms with Gasteiger partial charge >= 0.3 is 0 Å². The molecule has 168 valence electrons. The van der Waals surface area contributed by atoms with Crippen LogP contribution in [0.3, 0.4) is 0 Å². The van der Waals surface area contributed by atoms with Crippen LogP contribution in [0.2, 0.25) is 5.02 Å². The summed E-state index contributed by atoms with van der Waals surface area (Å²) in [5, 5.41) is 7.97.